The normalized spacial score (nSPS) is 13.4. The van der Waals surface area contributed by atoms with Crippen molar-refractivity contribution >= 4 is 17.7 Å². The van der Waals surface area contributed by atoms with Crippen LogP contribution >= 0.6 is 7.60 Å². The van der Waals surface area contributed by atoms with E-state index in [0.717, 1.165) is 5.56 Å². The summed E-state index contributed by atoms with van der Waals surface area (Å²) < 4.78 is 48.4. The Morgan fingerprint density at radius 2 is 1.60 bits per heavy atom. The number of rotatable bonds is 8. The first kappa shape index (κ1) is 19.6. The molecule has 3 N–H and O–H groups in total. The Kier molecular flexibility index (Phi) is 6.37. The van der Waals surface area contributed by atoms with Crippen molar-refractivity contribution in [1.82, 2.24) is 0 Å². The average Bonchev–Trinajstić information content (AvgIpc) is 2.51. The van der Waals surface area contributed by atoms with Crippen LogP contribution in [0.1, 0.15) is 18.4 Å². The fourth-order valence-electron chi connectivity index (χ4n) is 2.38. The molecule has 1 atom stereocenters. The minimum absolute atomic E-state index is 0.157. The highest BCUT2D eigenvalue weighted by atomic mass is 32.2. The fourth-order valence-corrected chi connectivity index (χ4v) is 4.75. The number of benzene rings is 2. The molecule has 0 aliphatic heterocycles. The van der Waals surface area contributed by atoms with Gasteiger partial charge in [0.05, 0.1) is 0 Å². The van der Waals surface area contributed by atoms with Crippen molar-refractivity contribution in [2.45, 2.75) is 24.3 Å². The topological polar surface area (TPSA) is 121 Å². The van der Waals surface area contributed by atoms with Crippen LogP contribution in [0.3, 0.4) is 0 Å². The third-order valence-corrected chi connectivity index (χ3v) is 7.11. The van der Waals surface area contributed by atoms with Gasteiger partial charge < -0.3 is 14.5 Å². The van der Waals surface area contributed by atoms with Crippen molar-refractivity contribution in [3.63, 3.8) is 0 Å². The molecule has 0 amide bonds. The molecule has 1 unspecified atom stereocenters. The van der Waals surface area contributed by atoms with Crippen molar-refractivity contribution in [3.8, 4) is 11.5 Å². The van der Waals surface area contributed by atoms with E-state index in [-0.39, 0.29) is 12.8 Å². The van der Waals surface area contributed by atoms with Gasteiger partial charge in [0.2, 0.25) is 0 Å². The lowest BCUT2D eigenvalue weighted by Crippen LogP contribution is -2.20. The number of hydrogen-bond acceptors (Lipinski definition) is 4. The smallest absolute Gasteiger partial charge is 0.346 e. The van der Waals surface area contributed by atoms with Crippen LogP contribution in [0.4, 0.5) is 0 Å². The van der Waals surface area contributed by atoms with Crippen LogP contribution in [-0.2, 0) is 21.1 Å². The lowest BCUT2D eigenvalue weighted by atomic mass is 10.1. The minimum atomic E-state index is -4.95. The van der Waals surface area contributed by atoms with Gasteiger partial charge in [-0.2, -0.15) is 8.42 Å². The van der Waals surface area contributed by atoms with Gasteiger partial charge in [0.25, 0.3) is 10.1 Å². The highest BCUT2D eigenvalue weighted by Gasteiger charge is 2.39. The third-order valence-electron chi connectivity index (χ3n) is 3.56. The number of para-hydroxylation sites is 2. The molecule has 0 radical (unpaired) electrons. The number of ether oxygens (including phenoxy) is 1. The molecule has 0 bridgehead atoms. The molecule has 0 aliphatic rings. The molecule has 2 rings (SSSR count). The molecule has 136 valence electrons. The molecule has 0 heterocycles. The first-order valence-electron chi connectivity index (χ1n) is 7.50. The predicted molar refractivity (Wildman–Crippen MR) is 93.3 cm³/mol. The highest BCUT2D eigenvalue weighted by Crippen LogP contribution is 2.46. The van der Waals surface area contributed by atoms with E-state index in [1.807, 2.05) is 18.2 Å². The van der Waals surface area contributed by atoms with Crippen LogP contribution in [0.15, 0.2) is 54.6 Å². The summed E-state index contributed by atoms with van der Waals surface area (Å²) in [5.74, 6) is 1.22. The fraction of sp³-hybridized carbons (Fsp3) is 0.250. The van der Waals surface area contributed by atoms with Gasteiger partial charge in [-0.1, -0.05) is 36.4 Å². The van der Waals surface area contributed by atoms with Gasteiger partial charge in [-0.05, 0) is 43.0 Å². The summed E-state index contributed by atoms with van der Waals surface area (Å²) in [6.45, 7) is 0. The van der Waals surface area contributed by atoms with E-state index < -0.39 is 22.7 Å². The molecule has 0 spiro atoms. The predicted octanol–water partition coefficient (Wildman–Crippen LogP) is 3.19. The summed E-state index contributed by atoms with van der Waals surface area (Å²) in [4.78, 5) is 16.1. The average molecular weight is 386 g/mol. The zero-order chi connectivity index (χ0) is 18.5. The highest BCUT2D eigenvalue weighted by molar-refractivity contribution is 7.93. The lowest BCUT2D eigenvalue weighted by molar-refractivity contribution is 0.360. The van der Waals surface area contributed by atoms with E-state index in [1.165, 1.54) is 0 Å². The molecule has 0 fully saturated rings. The van der Waals surface area contributed by atoms with Gasteiger partial charge in [0, 0.05) is 0 Å². The second-order valence-corrected chi connectivity index (χ2v) is 9.22. The van der Waals surface area contributed by atoms with E-state index in [9.17, 15) is 13.0 Å². The molecule has 0 saturated heterocycles. The Morgan fingerprint density at radius 1 is 1.00 bits per heavy atom. The second-order valence-electron chi connectivity index (χ2n) is 5.47. The standard InChI is InChI=1S/C16H19O7PS/c17-24(18,19)16(25(20,21)22)12-6-8-13-7-4-5-11-15(13)23-14-9-2-1-3-10-14/h1-5,7,9-11,16H,6,8,12H2,(H2,17,18,19)(H,20,21,22). The van der Waals surface area contributed by atoms with Gasteiger partial charge in [-0.3, -0.25) is 9.12 Å². The second kappa shape index (κ2) is 8.12. The first-order chi connectivity index (χ1) is 11.7. The molecule has 0 aromatic heterocycles. The number of hydrogen-bond donors (Lipinski definition) is 3. The molecule has 2 aromatic carbocycles. The number of aryl methyl sites for hydroxylation is 1. The molecule has 0 aliphatic carbocycles. The largest absolute Gasteiger partial charge is 0.457 e. The summed E-state index contributed by atoms with van der Waals surface area (Å²) in [7, 11) is -9.78. The molecule has 2 aromatic rings. The van der Waals surface area contributed by atoms with Crippen molar-refractivity contribution in [2.24, 2.45) is 0 Å². The summed E-state index contributed by atoms with van der Waals surface area (Å²) in [5.41, 5.74) is 0.770. The Hall–Kier alpha value is -1.70. The van der Waals surface area contributed by atoms with Gasteiger partial charge in [0.1, 0.15) is 11.5 Å². The molecule has 0 saturated carbocycles. The van der Waals surface area contributed by atoms with Gasteiger partial charge in [-0.25, -0.2) is 0 Å². The summed E-state index contributed by atoms with van der Waals surface area (Å²) >= 11 is 0. The summed E-state index contributed by atoms with van der Waals surface area (Å²) in [6.07, 6.45) is 0.141. The zero-order valence-electron chi connectivity index (χ0n) is 13.2. The van der Waals surface area contributed by atoms with Gasteiger partial charge >= 0.3 is 7.60 Å². The minimum Gasteiger partial charge on any atom is -0.457 e. The Morgan fingerprint density at radius 3 is 2.20 bits per heavy atom. The van der Waals surface area contributed by atoms with Crippen molar-refractivity contribution in [2.75, 3.05) is 0 Å². The van der Waals surface area contributed by atoms with E-state index >= 15 is 0 Å². The van der Waals surface area contributed by atoms with Crippen LogP contribution in [-0.4, -0.2) is 27.7 Å². The summed E-state index contributed by atoms with van der Waals surface area (Å²) in [5, 5.41) is 0. The molecule has 25 heavy (non-hydrogen) atoms. The third kappa shape index (κ3) is 5.95. The van der Waals surface area contributed by atoms with E-state index in [2.05, 4.69) is 0 Å². The van der Waals surface area contributed by atoms with Gasteiger partial charge in [0.15, 0.2) is 4.99 Å². The maximum atomic E-state index is 11.3. The van der Waals surface area contributed by atoms with Crippen molar-refractivity contribution in [3.05, 3.63) is 60.2 Å². The maximum Gasteiger partial charge on any atom is 0.346 e. The quantitative estimate of drug-likeness (QED) is 0.470. The first-order valence-corrected chi connectivity index (χ1v) is 10.7. The van der Waals surface area contributed by atoms with Crippen LogP contribution in [0.2, 0.25) is 0 Å². The lowest BCUT2D eigenvalue weighted by Gasteiger charge is -2.16. The molecule has 7 nitrogen and oxygen atoms in total. The van der Waals surface area contributed by atoms with E-state index in [4.69, 9.17) is 19.1 Å². The monoisotopic (exact) mass is 386 g/mol. The zero-order valence-corrected chi connectivity index (χ0v) is 14.9. The van der Waals surface area contributed by atoms with Crippen molar-refractivity contribution < 1.29 is 32.1 Å². The molecular formula is C16H19O7PS. The van der Waals surface area contributed by atoms with Crippen LogP contribution in [0.25, 0.3) is 0 Å². The van der Waals surface area contributed by atoms with Gasteiger partial charge in [-0.15, -0.1) is 0 Å². The molecule has 9 heteroatoms. The van der Waals surface area contributed by atoms with Crippen LogP contribution in [0, 0.1) is 0 Å². The maximum absolute atomic E-state index is 11.3. The summed E-state index contributed by atoms with van der Waals surface area (Å²) in [6, 6.07) is 16.2. The Labute approximate surface area is 146 Å². The molecular weight excluding hydrogens is 367 g/mol. The van der Waals surface area contributed by atoms with Crippen LogP contribution in [0.5, 0.6) is 11.5 Å². The van der Waals surface area contributed by atoms with E-state index in [0.29, 0.717) is 17.9 Å². The SMILES string of the molecule is O=P(O)(O)C(CCCc1ccccc1Oc1ccccc1)S(=O)(=O)O. The van der Waals surface area contributed by atoms with Crippen LogP contribution < -0.4 is 4.74 Å². The van der Waals surface area contributed by atoms with Crippen molar-refractivity contribution in [1.29, 1.82) is 0 Å². The van der Waals surface area contributed by atoms with E-state index in [1.54, 1.807) is 36.4 Å². The Bertz CT molecular complexity index is 846. The Balaban J connectivity index is 2.07.